The van der Waals surface area contributed by atoms with Crippen LogP contribution in [0.5, 0.6) is 0 Å². The summed E-state index contributed by atoms with van der Waals surface area (Å²) in [6.07, 6.45) is 3.70. The van der Waals surface area contributed by atoms with E-state index < -0.39 is 0 Å². The van der Waals surface area contributed by atoms with E-state index in [1.807, 2.05) is 36.7 Å². The number of fused-ring (bicyclic) bond motifs is 8. The molecule has 0 amide bonds. The zero-order chi connectivity index (χ0) is 26.5. The Hall–Kier alpha value is -4.96. The summed E-state index contributed by atoms with van der Waals surface area (Å²) < 4.78 is 0. The Balaban J connectivity index is 1.45. The van der Waals surface area contributed by atoms with Crippen LogP contribution in [-0.4, -0.2) is 21.4 Å². The van der Waals surface area contributed by atoms with Gasteiger partial charge >= 0.3 is 0 Å². The maximum Gasteiger partial charge on any atom is 0.0933 e. The van der Waals surface area contributed by atoms with Crippen molar-refractivity contribution in [2.75, 3.05) is 0 Å². The fourth-order valence-electron chi connectivity index (χ4n) is 7.18. The second kappa shape index (κ2) is 9.35. The third kappa shape index (κ3) is 3.46. The van der Waals surface area contributed by atoms with Gasteiger partial charge in [-0.15, -0.1) is 0 Å². The lowest BCUT2D eigenvalue weighted by atomic mass is 9.70. The highest BCUT2D eigenvalue weighted by Crippen LogP contribution is 2.66. The highest BCUT2D eigenvalue weighted by atomic mass is 15.2. The standard InChI is InChI=1S/C36H26N4/c1-3-13-23(14-4-1)29(24-15-5-2-6-16-24)32-30-25-17-7-8-18-26(25)31(32)34-33(30)35(27-19-9-11-21-37-27)39-40-36(34)28-20-10-12-22-38-28/h1-22,30-31,33-34H/t30-,31+,33+,34-. The number of hydrogen-bond acceptors (Lipinski definition) is 4. The van der Waals surface area contributed by atoms with Crippen molar-refractivity contribution in [3.8, 4) is 0 Å². The molecule has 4 atom stereocenters. The molecule has 2 aromatic heterocycles. The van der Waals surface area contributed by atoms with Gasteiger partial charge in [-0.2, -0.15) is 10.2 Å². The zero-order valence-corrected chi connectivity index (χ0v) is 21.8. The minimum Gasteiger partial charge on any atom is -0.255 e. The van der Waals surface area contributed by atoms with Crippen molar-refractivity contribution in [3.63, 3.8) is 0 Å². The average molecular weight is 515 g/mol. The molecule has 8 rings (SSSR count). The number of hydrogen-bond donors (Lipinski definition) is 0. The molecular formula is C36H26N4. The highest BCUT2D eigenvalue weighted by molar-refractivity contribution is 6.13. The van der Waals surface area contributed by atoms with Crippen LogP contribution in [0, 0.1) is 11.8 Å². The molecule has 0 N–H and O–H groups in total. The molecular weight excluding hydrogens is 488 g/mol. The van der Waals surface area contributed by atoms with E-state index in [1.165, 1.54) is 33.4 Å². The van der Waals surface area contributed by atoms with Gasteiger partial charge in [0.25, 0.3) is 0 Å². The van der Waals surface area contributed by atoms with Crippen LogP contribution in [0.15, 0.2) is 149 Å². The fourth-order valence-corrected chi connectivity index (χ4v) is 7.18. The van der Waals surface area contributed by atoms with Gasteiger partial charge in [0.05, 0.1) is 22.8 Å². The smallest absolute Gasteiger partial charge is 0.0933 e. The van der Waals surface area contributed by atoms with E-state index in [4.69, 9.17) is 20.2 Å². The third-order valence-corrected chi connectivity index (χ3v) is 8.61. The van der Waals surface area contributed by atoms with E-state index >= 15 is 0 Å². The van der Waals surface area contributed by atoms with Crippen LogP contribution in [0.25, 0.3) is 5.57 Å². The fraction of sp³-hybridized carbons (Fsp3) is 0.111. The van der Waals surface area contributed by atoms with Crippen molar-refractivity contribution in [2.24, 2.45) is 22.0 Å². The van der Waals surface area contributed by atoms with Crippen LogP contribution in [0.1, 0.15) is 45.5 Å². The van der Waals surface area contributed by atoms with Gasteiger partial charge in [0.2, 0.25) is 0 Å². The minimum absolute atomic E-state index is 0.0988. The molecule has 2 bridgehead atoms. The highest BCUT2D eigenvalue weighted by Gasteiger charge is 2.60. The Morgan fingerprint density at radius 2 is 0.875 bits per heavy atom. The molecule has 5 aromatic rings. The van der Waals surface area contributed by atoms with Gasteiger partial charge < -0.3 is 0 Å². The van der Waals surface area contributed by atoms with Crippen LogP contribution < -0.4 is 0 Å². The summed E-state index contributed by atoms with van der Waals surface area (Å²) in [6, 6.07) is 42.8. The number of rotatable bonds is 4. The van der Waals surface area contributed by atoms with Gasteiger partial charge in [0.15, 0.2) is 0 Å². The largest absolute Gasteiger partial charge is 0.255 e. The number of nitrogens with zero attached hydrogens (tertiary/aromatic N) is 4. The summed E-state index contributed by atoms with van der Waals surface area (Å²) in [5.41, 5.74) is 11.7. The normalized spacial score (nSPS) is 22.2. The molecule has 4 heteroatoms. The number of benzene rings is 3. The third-order valence-electron chi connectivity index (χ3n) is 8.61. The van der Waals surface area contributed by atoms with E-state index in [-0.39, 0.29) is 23.7 Å². The molecule has 3 aliphatic rings. The van der Waals surface area contributed by atoms with Gasteiger partial charge in [0, 0.05) is 36.1 Å². The number of aromatic nitrogens is 2. The van der Waals surface area contributed by atoms with Crippen LogP contribution >= 0.6 is 0 Å². The van der Waals surface area contributed by atoms with Crippen molar-refractivity contribution in [3.05, 3.63) is 173 Å². The topological polar surface area (TPSA) is 50.5 Å². The first-order chi connectivity index (χ1) is 19.9. The van der Waals surface area contributed by atoms with Crippen LogP contribution in [0.4, 0.5) is 0 Å². The van der Waals surface area contributed by atoms with Gasteiger partial charge in [-0.25, -0.2) is 0 Å². The van der Waals surface area contributed by atoms with Crippen molar-refractivity contribution in [2.45, 2.75) is 11.8 Å². The van der Waals surface area contributed by atoms with Crippen LogP contribution in [0.2, 0.25) is 0 Å². The van der Waals surface area contributed by atoms with Gasteiger partial charge in [-0.05, 0) is 57.7 Å². The Kier molecular flexibility index (Phi) is 5.37. The van der Waals surface area contributed by atoms with Crippen LogP contribution in [-0.2, 0) is 0 Å². The second-order valence-electron chi connectivity index (χ2n) is 10.6. The molecule has 1 fully saturated rings. The van der Waals surface area contributed by atoms with E-state index in [2.05, 4.69) is 97.1 Å². The van der Waals surface area contributed by atoms with Gasteiger partial charge in [-0.1, -0.05) is 97.1 Å². The Labute approximate surface area is 233 Å². The summed E-state index contributed by atoms with van der Waals surface area (Å²) in [6.45, 7) is 0. The lowest BCUT2D eigenvalue weighted by Crippen LogP contribution is -2.38. The predicted octanol–water partition coefficient (Wildman–Crippen LogP) is 7.31. The van der Waals surface area contributed by atoms with E-state index in [9.17, 15) is 0 Å². The molecule has 0 spiro atoms. The summed E-state index contributed by atoms with van der Waals surface area (Å²) in [7, 11) is 0. The molecule has 1 saturated carbocycles. The molecule has 2 aliphatic carbocycles. The second-order valence-corrected chi connectivity index (χ2v) is 10.6. The van der Waals surface area contributed by atoms with Crippen molar-refractivity contribution >= 4 is 17.0 Å². The number of pyridine rings is 2. The minimum atomic E-state index is 0.0988. The molecule has 190 valence electrons. The molecule has 4 nitrogen and oxygen atoms in total. The van der Waals surface area contributed by atoms with E-state index in [1.54, 1.807) is 0 Å². The SMILES string of the molecule is c1ccc(C(=C2[C@@H]3c4ccccc4[C@H]2[C@@H]2C(c4ccccn4)=NN=C(c4ccccn4)[C@@H]23)c2ccccc2)cc1. The molecule has 0 unspecified atom stereocenters. The van der Waals surface area contributed by atoms with Crippen molar-refractivity contribution in [1.29, 1.82) is 0 Å². The maximum atomic E-state index is 4.91. The first-order valence-corrected chi connectivity index (χ1v) is 13.8. The zero-order valence-electron chi connectivity index (χ0n) is 21.8. The Morgan fingerprint density at radius 3 is 1.30 bits per heavy atom. The number of allylic oxidation sites excluding steroid dienone is 1. The van der Waals surface area contributed by atoms with Crippen molar-refractivity contribution < 1.29 is 0 Å². The molecule has 0 radical (unpaired) electrons. The summed E-state index contributed by atoms with van der Waals surface area (Å²) in [5, 5.41) is 9.82. The summed E-state index contributed by atoms with van der Waals surface area (Å²) in [4.78, 5) is 9.51. The summed E-state index contributed by atoms with van der Waals surface area (Å²) in [5.74, 6) is 0.497. The lowest BCUT2D eigenvalue weighted by Gasteiger charge is -2.35. The van der Waals surface area contributed by atoms with E-state index in [0.717, 1.165) is 22.8 Å². The predicted molar refractivity (Wildman–Crippen MR) is 159 cm³/mol. The first-order valence-electron chi connectivity index (χ1n) is 13.8. The maximum absolute atomic E-state index is 4.91. The Morgan fingerprint density at radius 1 is 0.450 bits per heavy atom. The molecule has 1 aliphatic heterocycles. The van der Waals surface area contributed by atoms with Crippen molar-refractivity contribution in [1.82, 2.24) is 9.97 Å². The van der Waals surface area contributed by atoms with Crippen LogP contribution in [0.3, 0.4) is 0 Å². The van der Waals surface area contributed by atoms with E-state index in [0.29, 0.717) is 0 Å². The quantitative estimate of drug-likeness (QED) is 0.252. The monoisotopic (exact) mass is 514 g/mol. The lowest BCUT2D eigenvalue weighted by molar-refractivity contribution is 0.507. The summed E-state index contributed by atoms with van der Waals surface area (Å²) >= 11 is 0. The first kappa shape index (κ1) is 23.0. The average Bonchev–Trinajstić information content (AvgIpc) is 3.55. The molecule has 3 heterocycles. The van der Waals surface area contributed by atoms with Gasteiger partial charge in [-0.3, -0.25) is 9.97 Å². The van der Waals surface area contributed by atoms with Gasteiger partial charge in [0.1, 0.15) is 0 Å². The molecule has 0 saturated heterocycles. The molecule has 3 aromatic carbocycles. The molecule has 40 heavy (non-hydrogen) atoms. The Bertz CT molecular complexity index is 1660.